The van der Waals surface area contributed by atoms with Crippen LogP contribution in [0.4, 0.5) is 0 Å². The van der Waals surface area contributed by atoms with Crippen LogP contribution in [-0.4, -0.2) is 12.4 Å². The van der Waals surface area contributed by atoms with Crippen LogP contribution in [0.25, 0.3) is 27.3 Å². The first-order valence-corrected chi connectivity index (χ1v) is 10.4. The van der Waals surface area contributed by atoms with E-state index in [0.717, 1.165) is 33.9 Å². The molecule has 3 aromatic carbocycles. The molecule has 4 heteroatoms. The number of hydrogen-bond acceptors (Lipinski definition) is 4. The van der Waals surface area contributed by atoms with Crippen LogP contribution >= 0.6 is 0 Å². The quantitative estimate of drug-likeness (QED) is 0.222. The average Bonchev–Trinajstić information content (AvgIpc) is 2.83. The van der Waals surface area contributed by atoms with Gasteiger partial charge in [0.2, 0.25) is 0 Å². The first-order chi connectivity index (χ1) is 15.6. The van der Waals surface area contributed by atoms with Crippen molar-refractivity contribution in [1.29, 1.82) is 0 Å². The summed E-state index contributed by atoms with van der Waals surface area (Å²) < 4.78 is 11.1. The van der Waals surface area contributed by atoms with Gasteiger partial charge in [-0.3, -0.25) is 4.79 Å². The van der Waals surface area contributed by atoms with Crippen molar-refractivity contribution in [1.82, 2.24) is 0 Å². The number of carbonyl (C=O) groups excluding carboxylic acids is 1. The third-order valence-corrected chi connectivity index (χ3v) is 5.59. The third-order valence-electron chi connectivity index (χ3n) is 5.59. The van der Waals surface area contributed by atoms with E-state index < -0.39 is 5.63 Å². The molecule has 0 unspecified atom stereocenters. The van der Waals surface area contributed by atoms with E-state index in [1.807, 2.05) is 54.6 Å². The molecule has 0 atom stereocenters. The van der Waals surface area contributed by atoms with Gasteiger partial charge in [-0.05, 0) is 41.1 Å². The zero-order valence-electron chi connectivity index (χ0n) is 17.3. The number of fused-ring (bicyclic) bond motifs is 3. The lowest BCUT2D eigenvalue weighted by molar-refractivity contribution is 0.0921. The van der Waals surface area contributed by atoms with Gasteiger partial charge in [-0.15, -0.1) is 0 Å². The molecule has 4 nitrogen and oxygen atoms in total. The second-order valence-electron chi connectivity index (χ2n) is 7.74. The van der Waals surface area contributed by atoms with E-state index >= 15 is 0 Å². The summed E-state index contributed by atoms with van der Waals surface area (Å²) >= 11 is 0. The predicted molar refractivity (Wildman–Crippen MR) is 127 cm³/mol. The van der Waals surface area contributed by atoms with Crippen molar-refractivity contribution in [3.05, 3.63) is 119 Å². The monoisotopic (exact) mass is 420 g/mol. The standard InChI is InChI=1S/C28H20O4/c1-18-6-8-19(9-7-18)20-10-12-21(13-11-20)26(29)17-31-22-14-15-24-23-4-2-3-5-25(23)28(30)32-27(24)16-22/h2-6,8-16H,1,7,17H2. The van der Waals surface area contributed by atoms with Crippen molar-refractivity contribution < 1.29 is 13.9 Å². The van der Waals surface area contributed by atoms with E-state index in [4.69, 9.17) is 9.15 Å². The second-order valence-corrected chi connectivity index (χ2v) is 7.74. The normalized spacial score (nSPS) is 13.4. The summed E-state index contributed by atoms with van der Waals surface area (Å²) in [5.74, 6) is 0.344. The third kappa shape index (κ3) is 3.79. The number of ketones is 1. The van der Waals surface area contributed by atoms with Crippen LogP contribution in [0.1, 0.15) is 22.3 Å². The molecule has 1 aliphatic carbocycles. The van der Waals surface area contributed by atoms with Crippen LogP contribution in [0.3, 0.4) is 0 Å². The van der Waals surface area contributed by atoms with Gasteiger partial charge in [0.1, 0.15) is 11.3 Å². The maximum Gasteiger partial charge on any atom is 0.344 e. The van der Waals surface area contributed by atoms with Gasteiger partial charge in [0.25, 0.3) is 0 Å². The molecule has 156 valence electrons. The van der Waals surface area contributed by atoms with Crippen molar-refractivity contribution >= 4 is 33.1 Å². The lowest BCUT2D eigenvalue weighted by Gasteiger charge is -2.10. The first-order valence-electron chi connectivity index (χ1n) is 10.4. The molecule has 1 aliphatic rings. The molecule has 0 N–H and O–H groups in total. The minimum atomic E-state index is -0.395. The van der Waals surface area contributed by atoms with Gasteiger partial charge in [-0.1, -0.05) is 72.8 Å². The maximum atomic E-state index is 12.6. The number of ether oxygens (including phenoxy) is 1. The van der Waals surface area contributed by atoms with Gasteiger partial charge in [0, 0.05) is 17.0 Å². The van der Waals surface area contributed by atoms with Gasteiger partial charge in [-0.25, -0.2) is 4.79 Å². The van der Waals surface area contributed by atoms with E-state index in [1.165, 1.54) is 0 Å². The summed E-state index contributed by atoms with van der Waals surface area (Å²) in [6.07, 6.45) is 7.01. The molecule has 0 aliphatic heterocycles. The van der Waals surface area contributed by atoms with Crippen LogP contribution in [0.15, 0.2) is 106 Å². The molecular weight excluding hydrogens is 400 g/mol. The Labute approximate surface area is 184 Å². The molecule has 0 amide bonds. The zero-order chi connectivity index (χ0) is 22.1. The average molecular weight is 420 g/mol. The molecule has 0 saturated heterocycles. The Kier molecular flexibility index (Phi) is 5.04. The SMILES string of the molecule is C=C1C=CC(c2ccc(C(=O)COc3ccc4c(c3)oc(=O)c3ccccc34)cc2)=CC1. The topological polar surface area (TPSA) is 56.5 Å². The van der Waals surface area contributed by atoms with E-state index in [2.05, 4.69) is 12.7 Å². The summed E-state index contributed by atoms with van der Waals surface area (Å²) in [7, 11) is 0. The van der Waals surface area contributed by atoms with E-state index in [9.17, 15) is 9.59 Å². The first kappa shape index (κ1) is 19.8. The summed E-state index contributed by atoms with van der Waals surface area (Å²) in [5.41, 5.74) is 3.88. The fourth-order valence-corrected chi connectivity index (χ4v) is 3.83. The number of carbonyl (C=O) groups is 1. The highest BCUT2D eigenvalue weighted by Gasteiger charge is 2.11. The van der Waals surface area contributed by atoms with Crippen molar-refractivity contribution in [3.63, 3.8) is 0 Å². The smallest absolute Gasteiger partial charge is 0.344 e. The largest absolute Gasteiger partial charge is 0.485 e. The van der Waals surface area contributed by atoms with Gasteiger partial charge >= 0.3 is 5.63 Å². The highest BCUT2D eigenvalue weighted by atomic mass is 16.5. The fourth-order valence-electron chi connectivity index (χ4n) is 3.83. The van der Waals surface area contributed by atoms with Crippen molar-refractivity contribution in [2.45, 2.75) is 6.42 Å². The molecule has 4 aromatic rings. The number of hydrogen-bond donors (Lipinski definition) is 0. The van der Waals surface area contributed by atoms with Crippen molar-refractivity contribution in [2.75, 3.05) is 6.61 Å². The summed E-state index contributed by atoms with van der Waals surface area (Å²) in [6, 6.07) is 20.1. The Balaban J connectivity index is 1.31. The molecule has 32 heavy (non-hydrogen) atoms. The number of benzene rings is 3. The number of allylic oxidation sites excluding steroid dienone is 5. The van der Waals surface area contributed by atoms with E-state index in [-0.39, 0.29) is 12.4 Å². The van der Waals surface area contributed by atoms with E-state index in [0.29, 0.717) is 22.3 Å². The molecule has 5 rings (SSSR count). The number of rotatable bonds is 5. The van der Waals surface area contributed by atoms with Crippen LogP contribution in [0, 0.1) is 0 Å². The molecule has 0 bridgehead atoms. The second kappa shape index (κ2) is 8.16. The summed E-state index contributed by atoms with van der Waals surface area (Å²) in [5, 5.41) is 2.19. The molecule has 0 radical (unpaired) electrons. The van der Waals surface area contributed by atoms with Gasteiger partial charge in [0.15, 0.2) is 12.4 Å². The molecule has 1 aromatic heterocycles. The zero-order valence-corrected chi connectivity index (χ0v) is 17.3. The van der Waals surface area contributed by atoms with Crippen molar-refractivity contribution in [2.24, 2.45) is 0 Å². The maximum absolute atomic E-state index is 12.6. The van der Waals surface area contributed by atoms with Crippen LogP contribution < -0.4 is 10.4 Å². The van der Waals surface area contributed by atoms with E-state index in [1.54, 1.807) is 24.3 Å². The Morgan fingerprint density at radius 3 is 2.47 bits per heavy atom. The van der Waals surface area contributed by atoms with Gasteiger partial charge in [0.05, 0.1) is 5.39 Å². The minimum Gasteiger partial charge on any atom is -0.485 e. The molecule has 1 heterocycles. The van der Waals surface area contributed by atoms with Crippen LogP contribution in [-0.2, 0) is 0 Å². The van der Waals surface area contributed by atoms with Crippen LogP contribution in [0.5, 0.6) is 5.75 Å². The Morgan fingerprint density at radius 2 is 1.72 bits per heavy atom. The summed E-state index contributed by atoms with van der Waals surface area (Å²) in [4.78, 5) is 24.8. The minimum absolute atomic E-state index is 0.106. The fraction of sp³-hybridized carbons (Fsp3) is 0.0714. The molecular formula is C28H20O4. The Bertz CT molecular complexity index is 1480. The molecule has 0 fully saturated rings. The Hall–Kier alpha value is -4.18. The van der Waals surface area contributed by atoms with Gasteiger partial charge < -0.3 is 9.15 Å². The molecule has 0 saturated carbocycles. The number of Topliss-reactive ketones (excluding diaryl/α,β-unsaturated/α-hetero) is 1. The highest BCUT2D eigenvalue weighted by Crippen LogP contribution is 2.27. The van der Waals surface area contributed by atoms with Crippen LogP contribution in [0.2, 0.25) is 0 Å². The Morgan fingerprint density at radius 1 is 0.938 bits per heavy atom. The lowest BCUT2D eigenvalue weighted by atomic mass is 9.96. The molecule has 0 spiro atoms. The highest BCUT2D eigenvalue weighted by molar-refractivity contribution is 6.04. The predicted octanol–water partition coefficient (Wildman–Crippen LogP) is 6.11. The van der Waals surface area contributed by atoms with Crippen molar-refractivity contribution in [3.8, 4) is 5.75 Å². The summed E-state index contributed by atoms with van der Waals surface area (Å²) in [6.45, 7) is 3.84. The lowest BCUT2D eigenvalue weighted by Crippen LogP contribution is -2.11. The van der Waals surface area contributed by atoms with Gasteiger partial charge in [-0.2, -0.15) is 0 Å².